The highest BCUT2D eigenvalue weighted by atomic mass is 127. The van der Waals surface area contributed by atoms with Gasteiger partial charge in [0.15, 0.2) is 0 Å². The summed E-state index contributed by atoms with van der Waals surface area (Å²) in [7, 11) is 0. The quantitative estimate of drug-likeness (QED) is 0.544. The zero-order chi connectivity index (χ0) is 13.8. The number of rotatable bonds is 5. The molecule has 0 aliphatic heterocycles. The van der Waals surface area contributed by atoms with Crippen molar-refractivity contribution in [1.29, 1.82) is 0 Å². The molecule has 0 N–H and O–H groups in total. The van der Waals surface area contributed by atoms with Crippen LogP contribution in [0.15, 0.2) is 18.2 Å². The Morgan fingerprint density at radius 2 is 2.21 bits per heavy atom. The van der Waals surface area contributed by atoms with Crippen molar-refractivity contribution in [3.8, 4) is 0 Å². The zero-order valence-electron chi connectivity index (χ0n) is 10.5. The molecule has 19 heavy (non-hydrogen) atoms. The van der Waals surface area contributed by atoms with Gasteiger partial charge in [0.1, 0.15) is 5.82 Å². The molecule has 0 spiro atoms. The van der Waals surface area contributed by atoms with E-state index in [9.17, 15) is 9.18 Å². The lowest BCUT2D eigenvalue weighted by atomic mass is 9.91. The van der Waals surface area contributed by atoms with Gasteiger partial charge in [0.2, 0.25) is 0 Å². The lowest BCUT2D eigenvalue weighted by Crippen LogP contribution is -2.45. The summed E-state index contributed by atoms with van der Waals surface area (Å²) in [4.78, 5) is 14.5. The van der Waals surface area contributed by atoms with E-state index in [1.807, 2.05) is 27.5 Å². The van der Waals surface area contributed by atoms with Crippen LogP contribution in [-0.4, -0.2) is 29.3 Å². The second-order valence-electron chi connectivity index (χ2n) is 4.75. The largest absolute Gasteiger partial charge is 0.336 e. The predicted octanol–water partition coefficient (Wildman–Crippen LogP) is 4.05. The first-order chi connectivity index (χ1) is 9.13. The number of hydrogen-bond acceptors (Lipinski definition) is 1. The van der Waals surface area contributed by atoms with E-state index in [1.165, 1.54) is 18.6 Å². The van der Waals surface area contributed by atoms with Gasteiger partial charge in [0, 0.05) is 22.0 Å². The third-order valence-corrected chi connectivity index (χ3v) is 4.63. The van der Waals surface area contributed by atoms with E-state index < -0.39 is 0 Å². The standard InChI is InChI=1S/C14H16ClFINO/c15-7-2-8-18(11-3-1-4-11)14(19)12-6-5-10(16)9-13(12)17/h5-6,9,11H,1-4,7-8H2. The second-order valence-corrected chi connectivity index (χ2v) is 6.29. The number of benzene rings is 1. The zero-order valence-corrected chi connectivity index (χ0v) is 13.5. The van der Waals surface area contributed by atoms with Crippen molar-refractivity contribution in [1.82, 2.24) is 4.90 Å². The number of hydrogen-bond donors (Lipinski definition) is 0. The molecule has 1 amide bonds. The lowest BCUT2D eigenvalue weighted by Gasteiger charge is -2.37. The third-order valence-electron chi connectivity index (χ3n) is 3.47. The summed E-state index contributed by atoms with van der Waals surface area (Å²) in [5.41, 5.74) is 0.587. The Labute approximate surface area is 131 Å². The van der Waals surface area contributed by atoms with E-state index in [4.69, 9.17) is 11.6 Å². The summed E-state index contributed by atoms with van der Waals surface area (Å²) in [6.45, 7) is 0.681. The second kappa shape index (κ2) is 6.88. The molecule has 1 saturated carbocycles. The van der Waals surface area contributed by atoms with Crippen LogP contribution in [0, 0.1) is 9.39 Å². The lowest BCUT2D eigenvalue weighted by molar-refractivity contribution is 0.0579. The van der Waals surface area contributed by atoms with E-state index in [0.29, 0.717) is 27.6 Å². The molecular weight excluding hydrogens is 380 g/mol. The molecule has 2 rings (SSSR count). The van der Waals surface area contributed by atoms with Crippen molar-refractivity contribution < 1.29 is 9.18 Å². The van der Waals surface area contributed by atoms with Crippen LogP contribution in [0.25, 0.3) is 0 Å². The molecule has 2 nitrogen and oxygen atoms in total. The van der Waals surface area contributed by atoms with Crippen LogP contribution in [0.4, 0.5) is 4.39 Å². The number of alkyl halides is 1. The van der Waals surface area contributed by atoms with Crippen LogP contribution in [0.3, 0.4) is 0 Å². The number of carbonyl (C=O) groups is 1. The highest BCUT2D eigenvalue weighted by molar-refractivity contribution is 14.1. The number of nitrogens with zero attached hydrogens (tertiary/aromatic N) is 1. The first-order valence-electron chi connectivity index (χ1n) is 6.45. The molecule has 0 unspecified atom stereocenters. The number of halogens is 3. The van der Waals surface area contributed by atoms with E-state index in [1.54, 1.807) is 6.07 Å². The Hall–Kier alpha value is -0.360. The van der Waals surface area contributed by atoms with Crippen LogP contribution < -0.4 is 0 Å². The SMILES string of the molecule is O=C(c1ccc(F)cc1I)N(CCCCl)C1CCC1. The van der Waals surface area contributed by atoms with Crippen molar-refractivity contribution in [2.75, 3.05) is 12.4 Å². The van der Waals surface area contributed by atoms with Gasteiger partial charge in [-0.2, -0.15) is 0 Å². The normalized spacial score (nSPS) is 15.1. The molecule has 5 heteroatoms. The van der Waals surface area contributed by atoms with Crippen LogP contribution in [0.2, 0.25) is 0 Å². The summed E-state index contributed by atoms with van der Waals surface area (Å²) < 4.78 is 13.8. The average molecular weight is 396 g/mol. The van der Waals surface area contributed by atoms with Gasteiger partial charge in [-0.05, 0) is 66.5 Å². The van der Waals surface area contributed by atoms with Crippen LogP contribution in [0.5, 0.6) is 0 Å². The van der Waals surface area contributed by atoms with Gasteiger partial charge >= 0.3 is 0 Å². The van der Waals surface area contributed by atoms with Gasteiger partial charge in [-0.1, -0.05) is 0 Å². The molecule has 1 aliphatic carbocycles. The Morgan fingerprint density at radius 1 is 1.47 bits per heavy atom. The van der Waals surface area contributed by atoms with Crippen molar-refractivity contribution >= 4 is 40.1 Å². The maximum absolute atomic E-state index is 13.1. The van der Waals surface area contributed by atoms with Crippen molar-refractivity contribution in [2.45, 2.75) is 31.7 Å². The molecule has 104 valence electrons. The van der Waals surface area contributed by atoms with Crippen molar-refractivity contribution in [2.24, 2.45) is 0 Å². The summed E-state index contributed by atoms with van der Waals surface area (Å²) in [6, 6.07) is 4.65. The molecule has 0 atom stereocenters. The van der Waals surface area contributed by atoms with E-state index in [-0.39, 0.29) is 11.7 Å². The van der Waals surface area contributed by atoms with Gasteiger partial charge in [0.05, 0.1) is 5.56 Å². The van der Waals surface area contributed by atoms with Crippen LogP contribution in [-0.2, 0) is 0 Å². The molecule has 1 fully saturated rings. The molecule has 1 aromatic rings. The van der Waals surface area contributed by atoms with E-state index in [2.05, 4.69) is 0 Å². The highest BCUT2D eigenvalue weighted by Gasteiger charge is 2.29. The highest BCUT2D eigenvalue weighted by Crippen LogP contribution is 2.27. The fraction of sp³-hybridized carbons (Fsp3) is 0.500. The van der Waals surface area contributed by atoms with Crippen molar-refractivity contribution in [3.05, 3.63) is 33.1 Å². The summed E-state index contributed by atoms with van der Waals surface area (Å²) in [6.07, 6.45) is 4.09. The van der Waals surface area contributed by atoms with Crippen LogP contribution in [0.1, 0.15) is 36.0 Å². The maximum atomic E-state index is 13.1. The molecule has 0 radical (unpaired) electrons. The minimum atomic E-state index is -0.308. The fourth-order valence-electron chi connectivity index (χ4n) is 2.20. The predicted molar refractivity (Wildman–Crippen MR) is 83.1 cm³/mol. The Bertz CT molecular complexity index is 465. The summed E-state index contributed by atoms with van der Waals surface area (Å²) in [5.74, 6) is 0.243. The maximum Gasteiger partial charge on any atom is 0.255 e. The smallest absolute Gasteiger partial charge is 0.255 e. The molecular formula is C14H16ClFINO. The minimum Gasteiger partial charge on any atom is -0.336 e. The summed E-state index contributed by atoms with van der Waals surface area (Å²) >= 11 is 7.74. The average Bonchev–Trinajstić information content (AvgIpc) is 2.31. The number of carbonyl (C=O) groups excluding carboxylic acids is 1. The first kappa shape index (κ1) is 15.0. The van der Waals surface area contributed by atoms with Crippen LogP contribution >= 0.6 is 34.2 Å². The fourth-order valence-corrected chi connectivity index (χ4v) is 3.02. The molecule has 0 aromatic heterocycles. The van der Waals surface area contributed by atoms with Crippen molar-refractivity contribution in [3.63, 3.8) is 0 Å². The van der Waals surface area contributed by atoms with Gasteiger partial charge in [-0.25, -0.2) is 4.39 Å². The monoisotopic (exact) mass is 395 g/mol. The topological polar surface area (TPSA) is 20.3 Å². The molecule has 0 bridgehead atoms. The third kappa shape index (κ3) is 3.60. The molecule has 0 heterocycles. The molecule has 1 aromatic carbocycles. The van der Waals surface area contributed by atoms with E-state index in [0.717, 1.165) is 19.3 Å². The Morgan fingerprint density at radius 3 is 2.74 bits per heavy atom. The van der Waals surface area contributed by atoms with Gasteiger partial charge in [-0.3, -0.25) is 4.79 Å². The summed E-state index contributed by atoms with van der Waals surface area (Å²) in [5, 5.41) is 0. The van der Waals surface area contributed by atoms with Gasteiger partial charge in [0.25, 0.3) is 5.91 Å². The minimum absolute atomic E-state index is 0.000725. The van der Waals surface area contributed by atoms with Gasteiger partial charge in [-0.15, -0.1) is 11.6 Å². The first-order valence-corrected chi connectivity index (χ1v) is 8.07. The molecule has 0 saturated heterocycles. The van der Waals surface area contributed by atoms with Gasteiger partial charge < -0.3 is 4.90 Å². The number of amides is 1. The molecule has 1 aliphatic rings. The van der Waals surface area contributed by atoms with E-state index >= 15 is 0 Å². The Kier molecular flexibility index (Phi) is 5.45. The Balaban J connectivity index is 2.17.